The Morgan fingerprint density at radius 1 is 1.00 bits per heavy atom. The number of hydrogen-bond donors (Lipinski definition) is 0. The van der Waals surface area contributed by atoms with Gasteiger partial charge in [0.15, 0.2) is 12.4 Å². The third-order valence-electron chi connectivity index (χ3n) is 5.12. The molecule has 154 valence electrons. The summed E-state index contributed by atoms with van der Waals surface area (Å²) in [5.41, 5.74) is 3.99. The number of rotatable bonds is 5. The molecule has 0 bridgehead atoms. The lowest BCUT2D eigenvalue weighted by Crippen LogP contribution is -2.50. The van der Waals surface area contributed by atoms with E-state index in [0.29, 0.717) is 13.1 Å². The Kier molecular flexibility index (Phi) is 5.88. The van der Waals surface area contributed by atoms with Crippen molar-refractivity contribution in [3.8, 4) is 17.0 Å². The van der Waals surface area contributed by atoms with E-state index in [1.165, 1.54) is 0 Å². The molecule has 1 aliphatic rings. The third-order valence-corrected chi connectivity index (χ3v) is 5.12. The van der Waals surface area contributed by atoms with Gasteiger partial charge in [0.25, 0.3) is 5.91 Å². The van der Waals surface area contributed by atoms with Crippen LogP contribution in [0.2, 0.25) is 0 Å². The largest absolute Gasteiger partial charge is 0.484 e. The summed E-state index contributed by atoms with van der Waals surface area (Å²) >= 11 is 0. The van der Waals surface area contributed by atoms with Gasteiger partial charge in [-0.25, -0.2) is 0 Å². The summed E-state index contributed by atoms with van der Waals surface area (Å²) in [6.07, 6.45) is 3.51. The summed E-state index contributed by atoms with van der Waals surface area (Å²) in [5.74, 6) is 1.57. The first-order chi connectivity index (χ1) is 14.6. The van der Waals surface area contributed by atoms with Gasteiger partial charge in [-0.2, -0.15) is 0 Å². The van der Waals surface area contributed by atoms with Gasteiger partial charge in [-0.3, -0.25) is 9.78 Å². The van der Waals surface area contributed by atoms with Crippen molar-refractivity contribution in [1.29, 1.82) is 0 Å². The number of piperazine rings is 1. The molecular weight excluding hydrogens is 378 g/mol. The van der Waals surface area contributed by atoms with E-state index < -0.39 is 0 Å². The number of carbonyl (C=O) groups is 1. The van der Waals surface area contributed by atoms with E-state index in [-0.39, 0.29) is 12.5 Å². The quantitative estimate of drug-likeness (QED) is 0.652. The van der Waals surface area contributed by atoms with Crippen molar-refractivity contribution in [2.75, 3.05) is 37.7 Å². The monoisotopic (exact) mass is 403 g/mol. The van der Waals surface area contributed by atoms with Gasteiger partial charge in [0.05, 0.1) is 5.69 Å². The highest BCUT2D eigenvalue weighted by molar-refractivity contribution is 5.78. The molecule has 1 aromatic carbocycles. The SMILES string of the molecule is Cc1cc(C)cc(OCC(=O)N2CCN(c3ccc(-c4cccnc4)nn3)CC2)c1. The molecule has 0 N–H and O–H groups in total. The zero-order valence-electron chi connectivity index (χ0n) is 17.3. The molecule has 7 heteroatoms. The van der Waals surface area contributed by atoms with Gasteiger partial charge in [-0.05, 0) is 61.4 Å². The summed E-state index contributed by atoms with van der Waals surface area (Å²) in [7, 11) is 0. The fraction of sp³-hybridized carbons (Fsp3) is 0.304. The van der Waals surface area contributed by atoms with Gasteiger partial charge in [0.2, 0.25) is 0 Å². The average molecular weight is 403 g/mol. The average Bonchev–Trinajstić information content (AvgIpc) is 2.78. The number of benzene rings is 1. The second-order valence-electron chi connectivity index (χ2n) is 7.50. The van der Waals surface area contributed by atoms with E-state index in [0.717, 1.165) is 47.0 Å². The fourth-order valence-electron chi connectivity index (χ4n) is 3.60. The number of amides is 1. The molecule has 4 rings (SSSR count). The van der Waals surface area contributed by atoms with Gasteiger partial charge < -0.3 is 14.5 Å². The van der Waals surface area contributed by atoms with E-state index in [9.17, 15) is 4.79 Å². The van der Waals surface area contributed by atoms with Gasteiger partial charge >= 0.3 is 0 Å². The van der Waals surface area contributed by atoms with Crippen molar-refractivity contribution in [1.82, 2.24) is 20.1 Å². The van der Waals surface area contributed by atoms with E-state index in [1.54, 1.807) is 12.4 Å². The molecule has 2 aromatic heterocycles. The van der Waals surface area contributed by atoms with Crippen LogP contribution >= 0.6 is 0 Å². The van der Waals surface area contributed by atoms with Crippen LogP contribution in [0.4, 0.5) is 5.82 Å². The number of nitrogens with zero attached hydrogens (tertiary/aromatic N) is 5. The lowest BCUT2D eigenvalue weighted by Gasteiger charge is -2.35. The minimum absolute atomic E-state index is 0.00631. The van der Waals surface area contributed by atoms with Crippen molar-refractivity contribution < 1.29 is 9.53 Å². The maximum atomic E-state index is 12.5. The Hall–Kier alpha value is -3.48. The standard InChI is InChI=1S/C23H25N5O2/c1-17-12-18(2)14-20(13-17)30-16-23(29)28-10-8-27(9-11-28)22-6-5-21(25-26-22)19-4-3-7-24-15-19/h3-7,12-15H,8-11,16H2,1-2H3. The maximum absolute atomic E-state index is 12.5. The predicted octanol–water partition coefficient (Wildman–Crippen LogP) is 2.88. The molecular formula is C23H25N5O2. The lowest BCUT2D eigenvalue weighted by molar-refractivity contribution is -0.133. The second kappa shape index (κ2) is 8.90. The van der Waals surface area contributed by atoms with Crippen LogP contribution in [0.3, 0.4) is 0 Å². The number of aryl methyl sites for hydroxylation is 2. The molecule has 3 aromatic rings. The van der Waals surface area contributed by atoms with Crippen LogP contribution in [0.1, 0.15) is 11.1 Å². The Morgan fingerprint density at radius 3 is 2.40 bits per heavy atom. The molecule has 7 nitrogen and oxygen atoms in total. The molecule has 30 heavy (non-hydrogen) atoms. The molecule has 1 amide bonds. The minimum atomic E-state index is 0.00631. The first kappa shape index (κ1) is 19.8. The summed E-state index contributed by atoms with van der Waals surface area (Å²) in [6, 6.07) is 13.7. The van der Waals surface area contributed by atoms with Gasteiger partial charge in [0, 0.05) is 44.1 Å². The Labute approximate surface area is 176 Å². The number of anilines is 1. The smallest absolute Gasteiger partial charge is 0.260 e. The molecule has 0 radical (unpaired) electrons. The van der Waals surface area contributed by atoms with Crippen LogP contribution in [0.5, 0.6) is 5.75 Å². The number of aromatic nitrogens is 3. The van der Waals surface area contributed by atoms with Crippen LogP contribution in [0.25, 0.3) is 11.3 Å². The predicted molar refractivity (Wildman–Crippen MR) is 115 cm³/mol. The molecule has 0 spiro atoms. The Balaban J connectivity index is 1.29. The van der Waals surface area contributed by atoms with Crippen molar-refractivity contribution in [3.05, 3.63) is 66.0 Å². The van der Waals surface area contributed by atoms with Crippen LogP contribution in [-0.4, -0.2) is 58.8 Å². The zero-order valence-corrected chi connectivity index (χ0v) is 17.3. The lowest BCUT2D eigenvalue weighted by atomic mass is 10.1. The van der Waals surface area contributed by atoms with E-state index >= 15 is 0 Å². The normalized spacial score (nSPS) is 13.9. The van der Waals surface area contributed by atoms with Crippen LogP contribution in [-0.2, 0) is 4.79 Å². The van der Waals surface area contributed by atoms with Crippen LogP contribution in [0.15, 0.2) is 54.9 Å². The Bertz CT molecular complexity index is 980. The van der Waals surface area contributed by atoms with Crippen molar-refractivity contribution in [3.63, 3.8) is 0 Å². The molecule has 0 unspecified atom stereocenters. The molecule has 0 aliphatic carbocycles. The summed E-state index contributed by atoms with van der Waals surface area (Å²) in [6.45, 7) is 6.82. The maximum Gasteiger partial charge on any atom is 0.260 e. The van der Waals surface area contributed by atoms with E-state index in [2.05, 4.69) is 26.1 Å². The summed E-state index contributed by atoms with van der Waals surface area (Å²) in [5, 5.41) is 8.68. The van der Waals surface area contributed by atoms with Crippen molar-refractivity contribution >= 4 is 11.7 Å². The highest BCUT2D eigenvalue weighted by Crippen LogP contribution is 2.19. The van der Waals surface area contributed by atoms with Gasteiger partial charge in [-0.15, -0.1) is 10.2 Å². The molecule has 0 atom stereocenters. The zero-order chi connectivity index (χ0) is 20.9. The molecule has 1 saturated heterocycles. The number of carbonyl (C=O) groups excluding carboxylic acids is 1. The Morgan fingerprint density at radius 2 is 1.77 bits per heavy atom. The summed E-state index contributed by atoms with van der Waals surface area (Å²) in [4.78, 5) is 20.6. The van der Waals surface area contributed by atoms with E-state index in [4.69, 9.17) is 4.74 Å². The first-order valence-corrected chi connectivity index (χ1v) is 10.1. The third kappa shape index (κ3) is 4.74. The van der Waals surface area contributed by atoms with Crippen LogP contribution < -0.4 is 9.64 Å². The van der Waals surface area contributed by atoms with Gasteiger partial charge in [-0.1, -0.05) is 6.07 Å². The second-order valence-corrected chi connectivity index (χ2v) is 7.50. The molecule has 1 fully saturated rings. The highest BCUT2D eigenvalue weighted by atomic mass is 16.5. The summed E-state index contributed by atoms with van der Waals surface area (Å²) < 4.78 is 5.72. The molecule has 0 saturated carbocycles. The number of ether oxygens (including phenoxy) is 1. The molecule has 1 aliphatic heterocycles. The van der Waals surface area contributed by atoms with Crippen LogP contribution in [0, 0.1) is 13.8 Å². The fourth-order valence-corrected chi connectivity index (χ4v) is 3.60. The van der Waals surface area contributed by atoms with Crippen molar-refractivity contribution in [2.24, 2.45) is 0 Å². The van der Waals surface area contributed by atoms with Crippen molar-refractivity contribution in [2.45, 2.75) is 13.8 Å². The molecule has 3 heterocycles. The van der Waals surface area contributed by atoms with Gasteiger partial charge in [0.1, 0.15) is 5.75 Å². The number of pyridine rings is 1. The highest BCUT2D eigenvalue weighted by Gasteiger charge is 2.22. The minimum Gasteiger partial charge on any atom is -0.484 e. The first-order valence-electron chi connectivity index (χ1n) is 10.1. The number of hydrogen-bond acceptors (Lipinski definition) is 6. The topological polar surface area (TPSA) is 71.5 Å². The van der Waals surface area contributed by atoms with E-state index in [1.807, 2.05) is 55.1 Å².